The summed E-state index contributed by atoms with van der Waals surface area (Å²) in [4.78, 5) is 19.4. The Bertz CT molecular complexity index is 627. The lowest BCUT2D eigenvalue weighted by molar-refractivity contribution is 0.281. The Morgan fingerprint density at radius 2 is 2.23 bits per heavy atom. The van der Waals surface area contributed by atoms with Crippen molar-refractivity contribution in [1.29, 1.82) is 0 Å². The van der Waals surface area contributed by atoms with E-state index in [0.717, 1.165) is 43.5 Å². The lowest BCUT2D eigenvalue weighted by Gasteiger charge is -2.21. The summed E-state index contributed by atoms with van der Waals surface area (Å²) in [6, 6.07) is 1.95. The van der Waals surface area contributed by atoms with Crippen LogP contribution in [-0.2, 0) is 6.54 Å². The molecule has 0 radical (unpaired) electrons. The summed E-state index contributed by atoms with van der Waals surface area (Å²) < 4.78 is 0. The van der Waals surface area contributed by atoms with E-state index in [1.165, 1.54) is 11.3 Å². The van der Waals surface area contributed by atoms with Crippen LogP contribution in [0.4, 0.5) is 5.95 Å². The number of thiazole rings is 1. The average molecular weight is 317 g/mol. The topological polar surface area (TPSA) is 45.2 Å². The standard InChI is InChI=1S/C16H23N5S/c1-12-4-6-17-16(19-12)21-7-5-14(9-21)8-20(3)10-15-13(2)18-11-22-15/h4,6,11,14H,5,7-10H2,1-3H3/t14-/m0/s1. The molecule has 1 aliphatic heterocycles. The fourth-order valence-electron chi connectivity index (χ4n) is 2.98. The van der Waals surface area contributed by atoms with Gasteiger partial charge in [-0.3, -0.25) is 0 Å². The fraction of sp³-hybridized carbons (Fsp3) is 0.562. The second-order valence-electron chi connectivity index (χ2n) is 6.16. The van der Waals surface area contributed by atoms with Gasteiger partial charge >= 0.3 is 0 Å². The minimum atomic E-state index is 0.683. The molecule has 3 rings (SSSR count). The van der Waals surface area contributed by atoms with Gasteiger partial charge in [-0.15, -0.1) is 11.3 Å². The summed E-state index contributed by atoms with van der Waals surface area (Å²) >= 11 is 1.75. The molecule has 0 saturated carbocycles. The van der Waals surface area contributed by atoms with Crippen LogP contribution < -0.4 is 4.90 Å². The lowest BCUT2D eigenvalue weighted by atomic mass is 10.1. The summed E-state index contributed by atoms with van der Waals surface area (Å²) in [5.74, 6) is 1.56. The van der Waals surface area contributed by atoms with Crippen LogP contribution in [0.5, 0.6) is 0 Å². The minimum Gasteiger partial charge on any atom is -0.340 e. The van der Waals surface area contributed by atoms with Crippen LogP contribution in [0.25, 0.3) is 0 Å². The average Bonchev–Trinajstić information content (AvgIpc) is 3.09. The van der Waals surface area contributed by atoms with Gasteiger partial charge in [0.05, 0.1) is 11.2 Å². The van der Waals surface area contributed by atoms with E-state index >= 15 is 0 Å². The minimum absolute atomic E-state index is 0.683. The van der Waals surface area contributed by atoms with Crippen LogP contribution in [0.1, 0.15) is 22.7 Å². The molecule has 0 aliphatic carbocycles. The first-order chi connectivity index (χ1) is 10.6. The van der Waals surface area contributed by atoms with Crippen molar-refractivity contribution in [3.63, 3.8) is 0 Å². The third-order valence-electron chi connectivity index (χ3n) is 4.18. The monoisotopic (exact) mass is 317 g/mol. The lowest BCUT2D eigenvalue weighted by Crippen LogP contribution is -2.28. The van der Waals surface area contributed by atoms with Crippen molar-refractivity contribution in [3.8, 4) is 0 Å². The highest BCUT2D eigenvalue weighted by atomic mass is 32.1. The second-order valence-corrected chi connectivity index (χ2v) is 7.10. The Hall–Kier alpha value is -1.53. The first kappa shape index (κ1) is 15.4. The number of rotatable bonds is 5. The summed E-state index contributed by atoms with van der Waals surface area (Å²) in [5.41, 5.74) is 4.13. The molecule has 118 valence electrons. The number of aryl methyl sites for hydroxylation is 2. The van der Waals surface area contributed by atoms with Crippen molar-refractivity contribution >= 4 is 17.3 Å². The van der Waals surface area contributed by atoms with Crippen LogP contribution in [-0.4, -0.2) is 46.5 Å². The highest BCUT2D eigenvalue weighted by molar-refractivity contribution is 7.09. The maximum atomic E-state index is 4.54. The van der Waals surface area contributed by atoms with Crippen LogP contribution >= 0.6 is 11.3 Å². The summed E-state index contributed by atoms with van der Waals surface area (Å²) in [6.45, 7) is 8.32. The van der Waals surface area contributed by atoms with E-state index in [2.05, 4.69) is 38.7 Å². The number of anilines is 1. The van der Waals surface area contributed by atoms with E-state index in [1.807, 2.05) is 24.7 Å². The zero-order valence-corrected chi connectivity index (χ0v) is 14.3. The van der Waals surface area contributed by atoms with E-state index in [9.17, 15) is 0 Å². The molecule has 2 aromatic heterocycles. The van der Waals surface area contributed by atoms with Crippen molar-refractivity contribution in [2.24, 2.45) is 5.92 Å². The maximum Gasteiger partial charge on any atom is 0.225 e. The molecule has 22 heavy (non-hydrogen) atoms. The van der Waals surface area contributed by atoms with Gasteiger partial charge in [-0.05, 0) is 39.3 Å². The predicted molar refractivity (Wildman–Crippen MR) is 90.3 cm³/mol. The summed E-state index contributed by atoms with van der Waals surface area (Å²) in [6.07, 6.45) is 3.06. The third-order valence-corrected chi connectivity index (χ3v) is 5.10. The van der Waals surface area contributed by atoms with Crippen molar-refractivity contribution in [1.82, 2.24) is 19.9 Å². The molecule has 0 bridgehead atoms. The molecule has 1 fully saturated rings. The number of hydrogen-bond acceptors (Lipinski definition) is 6. The van der Waals surface area contributed by atoms with Crippen molar-refractivity contribution in [3.05, 3.63) is 34.0 Å². The molecule has 1 aliphatic rings. The summed E-state index contributed by atoms with van der Waals surface area (Å²) in [5, 5.41) is 0. The third kappa shape index (κ3) is 3.62. The molecule has 1 saturated heterocycles. The molecule has 0 aromatic carbocycles. The number of aromatic nitrogens is 3. The quantitative estimate of drug-likeness (QED) is 0.848. The first-order valence-corrected chi connectivity index (χ1v) is 8.62. The van der Waals surface area contributed by atoms with Gasteiger partial charge in [-0.2, -0.15) is 0 Å². The molecule has 0 unspecified atom stereocenters. The Morgan fingerprint density at radius 3 is 2.95 bits per heavy atom. The molecule has 0 N–H and O–H groups in total. The van der Waals surface area contributed by atoms with Gasteiger partial charge < -0.3 is 9.80 Å². The van der Waals surface area contributed by atoms with Crippen molar-refractivity contribution in [2.45, 2.75) is 26.8 Å². The largest absolute Gasteiger partial charge is 0.340 e. The SMILES string of the molecule is Cc1ccnc(N2CC[C@@H](CN(C)Cc3scnc3C)C2)n1. The van der Waals surface area contributed by atoms with Gasteiger partial charge in [0.1, 0.15) is 0 Å². The maximum absolute atomic E-state index is 4.54. The van der Waals surface area contributed by atoms with E-state index in [1.54, 1.807) is 11.3 Å². The van der Waals surface area contributed by atoms with Crippen LogP contribution in [0.15, 0.2) is 17.8 Å². The smallest absolute Gasteiger partial charge is 0.225 e. The fourth-order valence-corrected chi connectivity index (χ4v) is 3.84. The van der Waals surface area contributed by atoms with Crippen LogP contribution in [0.2, 0.25) is 0 Å². The molecular formula is C16H23N5S. The zero-order chi connectivity index (χ0) is 15.5. The van der Waals surface area contributed by atoms with E-state index in [0.29, 0.717) is 5.92 Å². The molecule has 5 nitrogen and oxygen atoms in total. The molecule has 0 amide bonds. The molecule has 1 atom stereocenters. The van der Waals surface area contributed by atoms with E-state index in [4.69, 9.17) is 0 Å². The first-order valence-electron chi connectivity index (χ1n) is 7.74. The van der Waals surface area contributed by atoms with Gasteiger partial charge in [0.25, 0.3) is 0 Å². The molecule has 2 aromatic rings. The highest BCUT2D eigenvalue weighted by Gasteiger charge is 2.25. The molecular weight excluding hydrogens is 294 g/mol. The van der Waals surface area contributed by atoms with Gasteiger partial charge in [-0.25, -0.2) is 15.0 Å². The molecule has 6 heteroatoms. The van der Waals surface area contributed by atoms with Crippen molar-refractivity contribution < 1.29 is 0 Å². The Kier molecular flexibility index (Phi) is 4.69. The Balaban J connectivity index is 1.53. The zero-order valence-electron chi connectivity index (χ0n) is 13.5. The second kappa shape index (κ2) is 6.71. The van der Waals surface area contributed by atoms with Crippen LogP contribution in [0, 0.1) is 19.8 Å². The van der Waals surface area contributed by atoms with Gasteiger partial charge in [0, 0.05) is 42.9 Å². The Morgan fingerprint density at radius 1 is 1.36 bits per heavy atom. The van der Waals surface area contributed by atoms with Gasteiger partial charge in [-0.1, -0.05) is 0 Å². The highest BCUT2D eigenvalue weighted by Crippen LogP contribution is 2.22. The van der Waals surface area contributed by atoms with E-state index < -0.39 is 0 Å². The normalized spacial score (nSPS) is 18.4. The van der Waals surface area contributed by atoms with Crippen molar-refractivity contribution in [2.75, 3.05) is 31.6 Å². The molecule has 0 spiro atoms. The predicted octanol–water partition coefficient (Wildman–Crippen LogP) is 2.51. The Labute approximate surface area is 136 Å². The summed E-state index contributed by atoms with van der Waals surface area (Å²) in [7, 11) is 2.20. The van der Waals surface area contributed by atoms with Gasteiger partial charge in [0.2, 0.25) is 5.95 Å². The molecule has 3 heterocycles. The number of hydrogen-bond donors (Lipinski definition) is 0. The van der Waals surface area contributed by atoms with Crippen LogP contribution in [0.3, 0.4) is 0 Å². The van der Waals surface area contributed by atoms with E-state index in [-0.39, 0.29) is 0 Å². The van der Waals surface area contributed by atoms with Gasteiger partial charge in [0.15, 0.2) is 0 Å². The number of nitrogens with zero attached hydrogens (tertiary/aromatic N) is 5.